The predicted octanol–water partition coefficient (Wildman–Crippen LogP) is 7.31. The topological polar surface area (TPSA) is 101 Å². The molecule has 222 valence electrons. The van der Waals surface area contributed by atoms with Crippen molar-refractivity contribution in [2.75, 3.05) is 7.11 Å². The van der Waals surface area contributed by atoms with Gasteiger partial charge in [-0.15, -0.1) is 0 Å². The normalized spacial score (nSPS) is 13.4. The number of ether oxygens (including phenoxy) is 1. The third-order valence-electron chi connectivity index (χ3n) is 7.15. The van der Waals surface area contributed by atoms with E-state index in [9.17, 15) is 27.3 Å². The zero-order chi connectivity index (χ0) is 31.3. The first-order chi connectivity index (χ1) is 20.4. The van der Waals surface area contributed by atoms with Gasteiger partial charge in [-0.3, -0.25) is 9.36 Å². The van der Waals surface area contributed by atoms with Crippen LogP contribution in [0.3, 0.4) is 0 Å². The van der Waals surface area contributed by atoms with E-state index in [0.29, 0.717) is 11.1 Å². The molecule has 0 bridgehead atoms. The summed E-state index contributed by atoms with van der Waals surface area (Å²) >= 11 is 0. The molecule has 6 nitrogen and oxygen atoms in total. The number of carbonyl (C=O) groups is 2. The smallest absolute Gasteiger partial charge is 0.399 e. The Balaban J connectivity index is 1.86. The Kier molecular flexibility index (Phi) is 9.50. The first kappa shape index (κ1) is 31.6. The number of Topliss-reactive ketones (excluding diaryl/α,β-unsaturated/α-hetero) is 1. The van der Waals surface area contributed by atoms with E-state index >= 15 is 0 Å². The number of ketones is 1. The maximum absolute atomic E-state index is 14.4. The van der Waals surface area contributed by atoms with E-state index in [0.717, 1.165) is 29.8 Å². The van der Waals surface area contributed by atoms with Crippen molar-refractivity contribution in [1.29, 1.82) is 0 Å². The Hall–Kier alpha value is -4.30. The highest BCUT2D eigenvalue weighted by molar-refractivity contribution is 7.52. The minimum absolute atomic E-state index is 0.0261. The van der Waals surface area contributed by atoms with Gasteiger partial charge in [0.2, 0.25) is 0 Å². The number of hydrogen-bond donors (Lipinski definition) is 2. The summed E-state index contributed by atoms with van der Waals surface area (Å²) in [5, 5.41) is 0. The number of esters is 1. The molecule has 0 spiro atoms. The fourth-order valence-corrected chi connectivity index (χ4v) is 5.30. The van der Waals surface area contributed by atoms with E-state index in [-0.39, 0.29) is 29.8 Å². The summed E-state index contributed by atoms with van der Waals surface area (Å²) in [5.74, 6) is -1.50. The van der Waals surface area contributed by atoms with Crippen LogP contribution in [0.5, 0.6) is 0 Å². The Morgan fingerprint density at radius 2 is 1.37 bits per heavy atom. The number of allylic oxidation sites excluding steroid dienone is 1. The van der Waals surface area contributed by atoms with Gasteiger partial charge in [0.25, 0.3) is 0 Å². The van der Waals surface area contributed by atoms with E-state index in [4.69, 9.17) is 14.5 Å². The first-order valence-corrected chi connectivity index (χ1v) is 14.7. The molecule has 43 heavy (non-hydrogen) atoms. The zero-order valence-electron chi connectivity index (χ0n) is 23.0. The Morgan fingerprint density at radius 1 is 0.814 bits per heavy atom. The fourth-order valence-electron chi connectivity index (χ4n) is 4.82. The second-order valence-electron chi connectivity index (χ2n) is 9.96. The summed E-state index contributed by atoms with van der Waals surface area (Å²) in [6, 6.07) is 25.0. The monoisotopic (exact) mass is 608 g/mol. The molecule has 0 aromatic heterocycles. The molecule has 0 aliphatic heterocycles. The van der Waals surface area contributed by atoms with Crippen LogP contribution in [-0.4, -0.2) is 28.6 Å². The molecule has 1 atom stereocenters. The average molecular weight is 609 g/mol. The predicted molar refractivity (Wildman–Crippen MR) is 156 cm³/mol. The third-order valence-corrected chi connectivity index (χ3v) is 8.14. The average Bonchev–Trinajstić information content (AvgIpc) is 3.00. The van der Waals surface area contributed by atoms with Gasteiger partial charge in [-0.2, -0.15) is 8.78 Å². The van der Waals surface area contributed by atoms with Gasteiger partial charge in [0, 0.05) is 11.1 Å². The molecular weight excluding hydrogens is 580 g/mol. The molecule has 0 aliphatic carbocycles. The second kappa shape index (κ2) is 12.9. The van der Waals surface area contributed by atoms with Gasteiger partial charge >= 0.3 is 19.2 Å². The largest absolute Gasteiger partial charge is 0.465 e. The van der Waals surface area contributed by atoms with Crippen molar-refractivity contribution in [3.05, 3.63) is 148 Å². The molecule has 4 aromatic carbocycles. The lowest BCUT2D eigenvalue weighted by molar-refractivity contribution is 0.0564. The highest BCUT2D eigenvalue weighted by Gasteiger charge is 2.50. The molecule has 0 aliphatic rings. The van der Waals surface area contributed by atoms with Crippen LogP contribution in [-0.2, 0) is 26.8 Å². The summed E-state index contributed by atoms with van der Waals surface area (Å²) in [7, 11) is -4.54. The molecule has 0 saturated heterocycles. The fraction of sp³-hybridized carbons (Fsp3) is 0.152. The number of carbonyl (C=O) groups excluding carboxylic acids is 2. The van der Waals surface area contributed by atoms with Gasteiger partial charge in [-0.25, -0.2) is 9.18 Å². The molecule has 0 fully saturated rings. The highest BCUT2D eigenvalue weighted by Crippen LogP contribution is 2.59. The second-order valence-corrected chi connectivity index (χ2v) is 11.6. The molecule has 0 heterocycles. The van der Waals surface area contributed by atoms with E-state index in [2.05, 4.69) is 0 Å². The summed E-state index contributed by atoms with van der Waals surface area (Å²) in [5.41, 5.74) is -4.39. The Bertz CT molecular complexity index is 1650. The van der Waals surface area contributed by atoms with Crippen molar-refractivity contribution in [2.45, 2.75) is 23.9 Å². The summed E-state index contributed by atoms with van der Waals surface area (Å²) < 4.78 is 58.7. The van der Waals surface area contributed by atoms with E-state index in [1.54, 1.807) is 18.2 Å². The molecule has 1 unspecified atom stereocenters. The summed E-state index contributed by atoms with van der Waals surface area (Å²) in [6.07, 6.45) is 3.73. The van der Waals surface area contributed by atoms with Crippen LogP contribution in [0.25, 0.3) is 6.08 Å². The molecule has 0 saturated carbocycles. The minimum Gasteiger partial charge on any atom is -0.465 e. The van der Waals surface area contributed by atoms with Crippen molar-refractivity contribution < 1.29 is 41.8 Å². The van der Waals surface area contributed by atoms with Crippen molar-refractivity contribution in [1.82, 2.24) is 0 Å². The number of benzene rings is 4. The van der Waals surface area contributed by atoms with Crippen molar-refractivity contribution in [3.63, 3.8) is 0 Å². The van der Waals surface area contributed by atoms with Crippen LogP contribution in [0, 0.1) is 5.82 Å². The van der Waals surface area contributed by atoms with Crippen molar-refractivity contribution in [3.8, 4) is 0 Å². The lowest BCUT2D eigenvalue weighted by Crippen LogP contribution is -2.38. The first-order valence-electron chi connectivity index (χ1n) is 13.1. The van der Waals surface area contributed by atoms with Crippen LogP contribution in [0.4, 0.5) is 13.2 Å². The molecular formula is C33H28F3O6P. The number of alkyl halides is 2. The van der Waals surface area contributed by atoms with Gasteiger partial charge in [-0.05, 0) is 65.9 Å². The maximum Gasteiger partial charge on any atom is 0.399 e. The maximum atomic E-state index is 14.4. The number of hydrogen-bond acceptors (Lipinski definition) is 4. The quantitative estimate of drug-likeness (QED) is 0.105. The molecule has 4 aromatic rings. The van der Waals surface area contributed by atoms with Crippen molar-refractivity contribution >= 4 is 25.4 Å². The van der Waals surface area contributed by atoms with E-state index in [1.807, 2.05) is 36.4 Å². The zero-order valence-corrected chi connectivity index (χ0v) is 23.9. The van der Waals surface area contributed by atoms with Gasteiger partial charge < -0.3 is 14.5 Å². The summed E-state index contributed by atoms with van der Waals surface area (Å²) in [4.78, 5) is 44.8. The van der Waals surface area contributed by atoms with Gasteiger partial charge in [0.15, 0.2) is 5.78 Å². The third kappa shape index (κ3) is 7.03. The highest BCUT2D eigenvalue weighted by atomic mass is 31.2. The molecule has 0 radical (unpaired) electrons. The number of rotatable bonds is 11. The van der Waals surface area contributed by atoms with Crippen molar-refractivity contribution in [2.24, 2.45) is 0 Å². The van der Waals surface area contributed by atoms with Gasteiger partial charge in [-0.1, -0.05) is 78.9 Å². The van der Waals surface area contributed by atoms with E-state index < -0.39 is 36.0 Å². The minimum atomic E-state index is -5.78. The lowest BCUT2D eigenvalue weighted by atomic mass is 9.68. The van der Waals surface area contributed by atoms with Gasteiger partial charge in [0.05, 0.1) is 18.1 Å². The standard InChI is InChI=1S/C33H28F3O6P/c1-42-31(38)26-11-17-27(18-12-26)32(21-5-8-23-6-3-2-4-7-23,30(37)25-13-19-29(34)20-14-25)22-24-9-15-28(16-10-24)33(35,36)43(39,40)41/h2-20H,21-22H2,1H3,(H2,39,40,41). The molecule has 2 N–H and O–H groups in total. The van der Waals surface area contributed by atoms with Crippen LogP contribution in [0.1, 0.15) is 49.4 Å². The van der Waals surface area contributed by atoms with Crippen LogP contribution >= 0.6 is 7.60 Å². The molecule has 4 rings (SSSR count). The van der Waals surface area contributed by atoms with Crippen LogP contribution < -0.4 is 0 Å². The van der Waals surface area contributed by atoms with Gasteiger partial charge in [0.1, 0.15) is 5.82 Å². The van der Waals surface area contributed by atoms with Crippen LogP contribution in [0.15, 0.2) is 109 Å². The summed E-state index contributed by atoms with van der Waals surface area (Å²) in [6.45, 7) is 0. The van der Waals surface area contributed by atoms with Crippen LogP contribution in [0.2, 0.25) is 0 Å². The lowest BCUT2D eigenvalue weighted by Gasteiger charge is -2.33. The number of halogens is 3. The molecule has 10 heteroatoms. The van der Waals surface area contributed by atoms with E-state index in [1.165, 1.54) is 43.5 Å². The Morgan fingerprint density at radius 3 is 1.93 bits per heavy atom. The molecule has 0 amide bonds. The number of methoxy groups -OCH3 is 1. The SMILES string of the molecule is COC(=O)c1ccc(C(CC=Cc2ccccc2)(Cc2ccc(C(F)(F)P(=O)(O)O)cc2)C(=O)c2ccc(F)cc2)cc1. The Labute approximate surface area is 246 Å².